The fraction of sp³-hybridized carbons (Fsp3) is 0.350. The molecule has 0 bridgehead atoms. The summed E-state index contributed by atoms with van der Waals surface area (Å²) in [7, 11) is 0. The molecule has 0 spiro atoms. The molecule has 0 aliphatic carbocycles. The van der Waals surface area contributed by atoms with Crippen LogP contribution in [0, 0.1) is 5.92 Å². The molecule has 3 aromatic rings. The van der Waals surface area contributed by atoms with Gasteiger partial charge in [0.2, 0.25) is 5.95 Å². The van der Waals surface area contributed by atoms with Crippen molar-refractivity contribution in [3.8, 4) is 0 Å². The Hall–Kier alpha value is -2.47. The number of piperidine rings is 1. The van der Waals surface area contributed by atoms with Gasteiger partial charge in [-0.15, -0.1) is 21.5 Å². The van der Waals surface area contributed by atoms with Crippen LogP contribution in [-0.2, 0) is 12.8 Å². The highest BCUT2D eigenvalue weighted by Gasteiger charge is 2.21. The molecular formula is C20H22N4OS. The highest BCUT2D eigenvalue weighted by molar-refractivity contribution is 7.09. The maximum absolute atomic E-state index is 12.3. The van der Waals surface area contributed by atoms with Crippen LogP contribution in [0.15, 0.2) is 52.6 Å². The van der Waals surface area contributed by atoms with Crippen molar-refractivity contribution in [1.82, 2.24) is 15.2 Å². The lowest BCUT2D eigenvalue weighted by Gasteiger charge is -2.32. The van der Waals surface area contributed by atoms with E-state index in [1.807, 2.05) is 17.5 Å². The summed E-state index contributed by atoms with van der Waals surface area (Å²) in [5.74, 6) is 1.29. The molecule has 0 saturated carbocycles. The van der Waals surface area contributed by atoms with Crippen LogP contribution in [-0.4, -0.2) is 28.3 Å². The van der Waals surface area contributed by atoms with E-state index in [0.717, 1.165) is 37.2 Å². The first-order valence-electron chi connectivity index (χ1n) is 9.05. The van der Waals surface area contributed by atoms with Crippen molar-refractivity contribution in [1.29, 1.82) is 0 Å². The van der Waals surface area contributed by atoms with E-state index in [1.165, 1.54) is 5.56 Å². The average Bonchev–Trinajstić information content (AvgIpc) is 3.18. The van der Waals surface area contributed by atoms with Gasteiger partial charge < -0.3 is 4.90 Å². The van der Waals surface area contributed by atoms with Crippen LogP contribution in [0.5, 0.6) is 0 Å². The number of aromatic nitrogens is 3. The molecule has 1 N–H and O–H groups in total. The molecule has 6 heteroatoms. The Morgan fingerprint density at radius 2 is 1.88 bits per heavy atom. The van der Waals surface area contributed by atoms with Gasteiger partial charge in [-0.1, -0.05) is 36.4 Å². The Balaban J connectivity index is 1.37. The fourth-order valence-electron chi connectivity index (χ4n) is 3.48. The molecule has 1 saturated heterocycles. The molecule has 0 unspecified atom stereocenters. The number of nitrogens with zero attached hydrogens (tertiary/aromatic N) is 3. The zero-order chi connectivity index (χ0) is 17.8. The molecule has 134 valence electrons. The zero-order valence-electron chi connectivity index (χ0n) is 14.6. The van der Waals surface area contributed by atoms with E-state index < -0.39 is 0 Å². The minimum absolute atomic E-state index is 0.130. The second-order valence-corrected chi connectivity index (χ2v) is 7.83. The number of nitrogens with one attached hydrogen (secondary N) is 1. The van der Waals surface area contributed by atoms with E-state index in [9.17, 15) is 4.79 Å². The van der Waals surface area contributed by atoms with Gasteiger partial charge in [0.15, 0.2) is 0 Å². The molecule has 1 aromatic carbocycles. The summed E-state index contributed by atoms with van der Waals surface area (Å²) in [6.07, 6.45) is 3.88. The SMILES string of the molecule is O=c1[nH]c(N2CCC(Cc3ccccc3)CC2)nnc1Cc1cccs1. The van der Waals surface area contributed by atoms with Crippen molar-refractivity contribution in [3.05, 3.63) is 74.3 Å². The van der Waals surface area contributed by atoms with Crippen molar-refractivity contribution in [3.63, 3.8) is 0 Å². The van der Waals surface area contributed by atoms with Gasteiger partial charge in [0, 0.05) is 24.4 Å². The Bertz CT molecular complexity index is 884. The maximum atomic E-state index is 12.3. The van der Waals surface area contributed by atoms with E-state index >= 15 is 0 Å². The lowest BCUT2D eigenvalue weighted by molar-refractivity contribution is 0.399. The third kappa shape index (κ3) is 4.02. The Morgan fingerprint density at radius 3 is 2.58 bits per heavy atom. The van der Waals surface area contributed by atoms with Crippen LogP contribution in [0.25, 0.3) is 0 Å². The summed E-state index contributed by atoms with van der Waals surface area (Å²) in [6.45, 7) is 1.82. The van der Waals surface area contributed by atoms with Crippen molar-refractivity contribution < 1.29 is 0 Å². The minimum Gasteiger partial charge on any atom is -0.341 e. The molecular weight excluding hydrogens is 344 g/mol. The number of aromatic amines is 1. The first-order valence-corrected chi connectivity index (χ1v) is 9.93. The lowest BCUT2D eigenvalue weighted by atomic mass is 9.90. The molecule has 26 heavy (non-hydrogen) atoms. The van der Waals surface area contributed by atoms with Crippen molar-refractivity contribution in [2.24, 2.45) is 5.92 Å². The quantitative estimate of drug-likeness (QED) is 0.753. The third-order valence-corrected chi connectivity index (χ3v) is 5.83. The van der Waals surface area contributed by atoms with Gasteiger partial charge in [-0.25, -0.2) is 0 Å². The molecule has 2 aromatic heterocycles. The van der Waals surface area contributed by atoms with Gasteiger partial charge in [-0.05, 0) is 42.2 Å². The van der Waals surface area contributed by atoms with Gasteiger partial charge in [0.25, 0.3) is 5.56 Å². The largest absolute Gasteiger partial charge is 0.341 e. The summed E-state index contributed by atoms with van der Waals surface area (Å²) in [6, 6.07) is 14.6. The highest BCUT2D eigenvalue weighted by Crippen LogP contribution is 2.23. The Kier molecular flexibility index (Phi) is 5.11. The van der Waals surface area contributed by atoms with Gasteiger partial charge in [-0.2, -0.15) is 0 Å². The van der Waals surface area contributed by atoms with Crippen LogP contribution in [0.1, 0.15) is 29.0 Å². The van der Waals surface area contributed by atoms with Crippen LogP contribution < -0.4 is 10.5 Å². The number of rotatable bonds is 5. The molecule has 0 amide bonds. The average molecular weight is 366 g/mol. The van der Waals surface area contributed by atoms with Gasteiger partial charge in [0.1, 0.15) is 5.69 Å². The zero-order valence-corrected chi connectivity index (χ0v) is 15.4. The molecule has 1 fully saturated rings. The third-order valence-electron chi connectivity index (χ3n) is 4.96. The number of benzene rings is 1. The van der Waals surface area contributed by atoms with E-state index in [1.54, 1.807) is 11.3 Å². The lowest BCUT2D eigenvalue weighted by Crippen LogP contribution is -2.37. The predicted molar refractivity (Wildman–Crippen MR) is 105 cm³/mol. The predicted octanol–water partition coefficient (Wildman–Crippen LogP) is 3.28. The van der Waals surface area contributed by atoms with Gasteiger partial charge in [-0.3, -0.25) is 9.78 Å². The monoisotopic (exact) mass is 366 g/mol. The van der Waals surface area contributed by atoms with E-state index in [4.69, 9.17) is 0 Å². The second kappa shape index (κ2) is 7.83. The minimum atomic E-state index is -0.130. The first kappa shape index (κ1) is 17.0. The number of thiophene rings is 1. The van der Waals surface area contributed by atoms with Gasteiger partial charge >= 0.3 is 0 Å². The van der Waals surface area contributed by atoms with Crippen LogP contribution in [0.2, 0.25) is 0 Å². The summed E-state index contributed by atoms with van der Waals surface area (Å²) in [5, 5.41) is 10.5. The fourth-order valence-corrected chi connectivity index (χ4v) is 4.19. The number of hydrogen-bond donors (Lipinski definition) is 1. The van der Waals surface area contributed by atoms with E-state index in [0.29, 0.717) is 24.0 Å². The summed E-state index contributed by atoms with van der Waals surface area (Å²) >= 11 is 1.63. The topological polar surface area (TPSA) is 61.9 Å². The van der Waals surface area contributed by atoms with E-state index in [2.05, 4.69) is 50.4 Å². The number of hydrogen-bond acceptors (Lipinski definition) is 5. The molecule has 0 radical (unpaired) electrons. The summed E-state index contributed by atoms with van der Waals surface area (Å²) in [5.41, 5.74) is 1.75. The maximum Gasteiger partial charge on any atom is 0.274 e. The van der Waals surface area contributed by atoms with Crippen molar-refractivity contribution >= 4 is 17.3 Å². The number of anilines is 1. The summed E-state index contributed by atoms with van der Waals surface area (Å²) < 4.78 is 0. The Labute approximate surface area is 156 Å². The van der Waals surface area contributed by atoms with Crippen molar-refractivity contribution in [2.75, 3.05) is 18.0 Å². The molecule has 5 nitrogen and oxygen atoms in total. The highest BCUT2D eigenvalue weighted by atomic mass is 32.1. The molecule has 3 heterocycles. The van der Waals surface area contributed by atoms with Crippen molar-refractivity contribution in [2.45, 2.75) is 25.7 Å². The van der Waals surface area contributed by atoms with Gasteiger partial charge in [0.05, 0.1) is 0 Å². The second-order valence-electron chi connectivity index (χ2n) is 6.80. The smallest absolute Gasteiger partial charge is 0.274 e. The standard InChI is InChI=1S/C20H22N4OS/c25-19-18(14-17-7-4-12-26-17)22-23-20(21-19)24-10-8-16(9-11-24)13-15-5-2-1-3-6-15/h1-7,12,16H,8-11,13-14H2,(H,21,23,25). The molecule has 0 atom stereocenters. The van der Waals surface area contributed by atoms with E-state index in [-0.39, 0.29) is 5.56 Å². The molecule has 1 aliphatic rings. The number of H-pyrrole nitrogens is 1. The summed E-state index contributed by atoms with van der Waals surface area (Å²) in [4.78, 5) is 18.5. The van der Waals surface area contributed by atoms with Crippen LogP contribution >= 0.6 is 11.3 Å². The molecule has 1 aliphatic heterocycles. The normalized spacial score (nSPS) is 15.3. The Morgan fingerprint density at radius 1 is 1.08 bits per heavy atom. The van der Waals surface area contributed by atoms with Crippen LogP contribution in [0.3, 0.4) is 0 Å². The molecule has 4 rings (SSSR count). The first-order chi connectivity index (χ1) is 12.8. The van der Waals surface area contributed by atoms with Crippen LogP contribution in [0.4, 0.5) is 5.95 Å².